The molecule has 0 fully saturated rings. The van der Waals surface area contributed by atoms with E-state index in [0.717, 1.165) is 0 Å². The summed E-state index contributed by atoms with van der Waals surface area (Å²) in [6.45, 7) is 5.07. The molecule has 0 saturated heterocycles. The second-order valence-corrected chi connectivity index (χ2v) is 2.99. The summed E-state index contributed by atoms with van der Waals surface area (Å²) in [5, 5.41) is 0. The Balaban J connectivity index is 2.95. The lowest BCUT2D eigenvalue weighted by molar-refractivity contribution is -0.137. The number of hydrogen-bond donors (Lipinski definition) is 0. The zero-order valence-corrected chi connectivity index (χ0v) is 8.92. The normalized spacial score (nSPS) is 11.6. The standard InChI is InChI=1S/C11H12N2O3/c1-3-6-16-11(15)9(2)10(7-14)13-5-4-12-8-13/h3-5,7-8H,1,6H2,2H3. The van der Waals surface area contributed by atoms with Gasteiger partial charge in [0.05, 0.1) is 17.6 Å². The molecular formula is C11H12N2O3. The fraction of sp³-hybridized carbons (Fsp3) is 0.182. The van der Waals surface area contributed by atoms with Crippen molar-refractivity contribution in [1.29, 1.82) is 0 Å². The Morgan fingerprint density at radius 2 is 2.38 bits per heavy atom. The van der Waals surface area contributed by atoms with Crippen LogP contribution >= 0.6 is 0 Å². The molecule has 1 aromatic heterocycles. The lowest BCUT2D eigenvalue weighted by Crippen LogP contribution is -2.10. The van der Waals surface area contributed by atoms with Crippen LogP contribution in [0.1, 0.15) is 6.92 Å². The van der Waals surface area contributed by atoms with Crippen LogP contribution in [-0.4, -0.2) is 28.4 Å². The summed E-state index contributed by atoms with van der Waals surface area (Å²) in [5.41, 5.74) is 0.446. The minimum Gasteiger partial charge on any atom is -0.458 e. The molecule has 0 atom stereocenters. The lowest BCUT2D eigenvalue weighted by atomic mass is 10.2. The van der Waals surface area contributed by atoms with Gasteiger partial charge in [0.25, 0.3) is 0 Å². The van der Waals surface area contributed by atoms with Gasteiger partial charge in [-0.05, 0) is 6.92 Å². The van der Waals surface area contributed by atoms with Crippen molar-refractivity contribution in [3.8, 4) is 0 Å². The highest BCUT2D eigenvalue weighted by Gasteiger charge is 2.12. The maximum Gasteiger partial charge on any atom is 0.336 e. The first-order chi connectivity index (χ1) is 7.70. The van der Waals surface area contributed by atoms with Gasteiger partial charge >= 0.3 is 5.97 Å². The largest absolute Gasteiger partial charge is 0.458 e. The van der Waals surface area contributed by atoms with Crippen LogP contribution in [0.15, 0.2) is 36.9 Å². The van der Waals surface area contributed by atoms with Gasteiger partial charge in [0, 0.05) is 12.4 Å². The predicted molar refractivity (Wildman–Crippen MR) is 58.3 cm³/mol. The summed E-state index contributed by atoms with van der Waals surface area (Å²) in [6.07, 6.45) is 6.59. The van der Waals surface area contributed by atoms with Crippen LogP contribution in [0.25, 0.3) is 5.70 Å². The third kappa shape index (κ3) is 2.66. The number of rotatable bonds is 5. The topological polar surface area (TPSA) is 61.2 Å². The van der Waals surface area contributed by atoms with Crippen molar-refractivity contribution in [1.82, 2.24) is 9.55 Å². The SMILES string of the molecule is C=CCOC(=O)C(C)=C(C=O)n1ccnc1. The average Bonchev–Trinajstić information content (AvgIpc) is 2.80. The summed E-state index contributed by atoms with van der Waals surface area (Å²) >= 11 is 0. The average molecular weight is 220 g/mol. The van der Waals surface area contributed by atoms with E-state index in [4.69, 9.17) is 4.74 Å². The summed E-state index contributed by atoms with van der Waals surface area (Å²) in [4.78, 5) is 26.2. The number of allylic oxidation sites excluding steroid dienone is 1. The summed E-state index contributed by atoms with van der Waals surface area (Å²) in [7, 11) is 0. The molecule has 0 aromatic carbocycles. The van der Waals surface area contributed by atoms with Gasteiger partial charge in [-0.2, -0.15) is 0 Å². The van der Waals surface area contributed by atoms with Crippen molar-refractivity contribution in [2.75, 3.05) is 6.61 Å². The van der Waals surface area contributed by atoms with E-state index < -0.39 is 5.97 Å². The molecule has 84 valence electrons. The Kier molecular flexibility index (Phi) is 4.20. The maximum absolute atomic E-state index is 11.5. The smallest absolute Gasteiger partial charge is 0.336 e. The number of aromatic nitrogens is 2. The van der Waals surface area contributed by atoms with Crippen LogP contribution < -0.4 is 0 Å². The van der Waals surface area contributed by atoms with E-state index in [9.17, 15) is 9.59 Å². The van der Waals surface area contributed by atoms with Gasteiger partial charge in [0.1, 0.15) is 6.61 Å². The molecule has 0 amide bonds. The molecule has 5 heteroatoms. The molecule has 0 spiro atoms. The number of carbonyl (C=O) groups excluding carboxylic acids is 2. The van der Waals surface area contributed by atoms with Crippen molar-refractivity contribution >= 4 is 18.0 Å². The molecule has 0 aliphatic carbocycles. The quantitative estimate of drug-likeness (QED) is 0.322. The summed E-state index contributed by atoms with van der Waals surface area (Å²) in [6, 6.07) is 0. The second-order valence-electron chi connectivity index (χ2n) is 2.99. The molecule has 5 nitrogen and oxygen atoms in total. The van der Waals surface area contributed by atoms with Gasteiger partial charge in [0.2, 0.25) is 0 Å². The van der Waals surface area contributed by atoms with Crippen molar-refractivity contribution in [2.45, 2.75) is 6.92 Å². The van der Waals surface area contributed by atoms with E-state index in [2.05, 4.69) is 11.6 Å². The van der Waals surface area contributed by atoms with Crippen LogP contribution in [0.5, 0.6) is 0 Å². The van der Waals surface area contributed by atoms with Crippen LogP contribution in [0.2, 0.25) is 0 Å². The summed E-state index contributed by atoms with van der Waals surface area (Å²) in [5.74, 6) is -0.546. The van der Waals surface area contributed by atoms with Crippen molar-refractivity contribution < 1.29 is 14.3 Å². The number of carbonyl (C=O) groups is 2. The van der Waals surface area contributed by atoms with Gasteiger partial charge in [-0.1, -0.05) is 12.7 Å². The Morgan fingerprint density at radius 1 is 1.62 bits per heavy atom. The van der Waals surface area contributed by atoms with E-state index in [1.807, 2.05) is 0 Å². The Labute approximate surface area is 93.0 Å². The number of nitrogens with zero attached hydrogens (tertiary/aromatic N) is 2. The highest BCUT2D eigenvalue weighted by molar-refractivity contribution is 6.09. The van der Waals surface area contributed by atoms with E-state index >= 15 is 0 Å². The number of aldehydes is 1. The zero-order chi connectivity index (χ0) is 12.0. The van der Waals surface area contributed by atoms with Gasteiger partial charge in [-0.25, -0.2) is 9.78 Å². The predicted octanol–water partition coefficient (Wildman–Crippen LogP) is 1.04. The minimum absolute atomic E-state index is 0.117. The summed E-state index contributed by atoms with van der Waals surface area (Å²) < 4.78 is 6.28. The molecule has 0 aliphatic heterocycles. The molecule has 1 heterocycles. The van der Waals surface area contributed by atoms with E-state index in [0.29, 0.717) is 6.29 Å². The van der Waals surface area contributed by atoms with Gasteiger partial charge in [-0.15, -0.1) is 0 Å². The molecule has 0 bridgehead atoms. The fourth-order valence-corrected chi connectivity index (χ4v) is 1.09. The molecular weight excluding hydrogens is 208 g/mol. The Hall–Kier alpha value is -2.17. The molecule has 0 unspecified atom stereocenters. The van der Waals surface area contributed by atoms with Gasteiger partial charge in [0.15, 0.2) is 6.29 Å². The number of esters is 1. The van der Waals surface area contributed by atoms with E-state index in [1.54, 1.807) is 6.20 Å². The van der Waals surface area contributed by atoms with Crippen LogP contribution in [0.4, 0.5) is 0 Å². The number of hydrogen-bond acceptors (Lipinski definition) is 4. The zero-order valence-electron chi connectivity index (χ0n) is 8.92. The highest BCUT2D eigenvalue weighted by Crippen LogP contribution is 2.09. The van der Waals surface area contributed by atoms with Crippen LogP contribution in [0, 0.1) is 0 Å². The van der Waals surface area contributed by atoms with Crippen LogP contribution in [0.3, 0.4) is 0 Å². The van der Waals surface area contributed by atoms with Gasteiger partial charge < -0.3 is 9.30 Å². The third-order valence-electron chi connectivity index (χ3n) is 1.92. The van der Waals surface area contributed by atoms with E-state index in [-0.39, 0.29) is 17.9 Å². The fourth-order valence-electron chi connectivity index (χ4n) is 1.09. The first-order valence-corrected chi connectivity index (χ1v) is 4.63. The molecule has 16 heavy (non-hydrogen) atoms. The highest BCUT2D eigenvalue weighted by atomic mass is 16.5. The van der Waals surface area contributed by atoms with Crippen molar-refractivity contribution in [3.05, 3.63) is 36.9 Å². The molecule has 1 aromatic rings. The van der Waals surface area contributed by atoms with Crippen molar-refractivity contribution in [3.63, 3.8) is 0 Å². The first kappa shape index (κ1) is 11.9. The molecule has 0 N–H and O–H groups in total. The maximum atomic E-state index is 11.5. The lowest BCUT2D eigenvalue weighted by Gasteiger charge is -2.06. The third-order valence-corrected chi connectivity index (χ3v) is 1.92. The number of ether oxygens (including phenoxy) is 1. The van der Waals surface area contributed by atoms with E-state index in [1.165, 1.54) is 30.1 Å². The van der Waals surface area contributed by atoms with Gasteiger partial charge in [-0.3, -0.25) is 4.79 Å². The van der Waals surface area contributed by atoms with Crippen molar-refractivity contribution in [2.24, 2.45) is 0 Å². The molecule has 0 aliphatic rings. The first-order valence-electron chi connectivity index (χ1n) is 4.63. The molecule has 0 saturated carbocycles. The number of imidazole rings is 1. The Bertz CT molecular complexity index is 418. The minimum atomic E-state index is -0.546. The second kappa shape index (κ2) is 5.65. The Morgan fingerprint density at radius 3 is 2.88 bits per heavy atom. The molecule has 1 rings (SSSR count). The monoisotopic (exact) mass is 220 g/mol. The van der Waals surface area contributed by atoms with Crippen LogP contribution in [-0.2, 0) is 14.3 Å². The molecule has 0 radical (unpaired) electrons.